The Morgan fingerprint density at radius 1 is 1.69 bits per heavy atom. The minimum absolute atomic E-state index is 0.0773. The van der Waals surface area contributed by atoms with Crippen molar-refractivity contribution in [2.24, 2.45) is 0 Å². The zero-order valence-electron chi connectivity index (χ0n) is 7.75. The Morgan fingerprint density at radius 3 is 2.75 bits per heavy atom. The smallest absolute Gasteiger partial charge is 0.307 e. The highest BCUT2D eigenvalue weighted by Crippen LogP contribution is 2.27. The van der Waals surface area contributed by atoms with E-state index in [2.05, 4.69) is 20.9 Å². The normalized spacial score (nSPS) is 10.2. The van der Waals surface area contributed by atoms with Crippen molar-refractivity contribution in [2.45, 2.75) is 12.8 Å². The molecule has 0 amide bonds. The fourth-order valence-corrected chi connectivity index (χ4v) is 1.61. The molecule has 0 atom stereocenters. The van der Waals surface area contributed by atoms with Gasteiger partial charge in [0.1, 0.15) is 16.4 Å². The van der Waals surface area contributed by atoms with Crippen LogP contribution >= 0.6 is 15.9 Å². The zero-order chi connectivity index (χ0) is 12.3. The van der Waals surface area contributed by atoms with E-state index in [0.29, 0.717) is 0 Å². The SMILES string of the molecule is N#Cc1nc(Br)cc(C(F)F)c1CC(=O)O. The van der Waals surface area contributed by atoms with Crippen LogP contribution in [0.2, 0.25) is 0 Å². The average Bonchev–Trinajstić information content (AvgIpc) is 2.19. The van der Waals surface area contributed by atoms with Gasteiger partial charge in [-0.2, -0.15) is 5.26 Å². The molecule has 0 aromatic carbocycles. The highest BCUT2D eigenvalue weighted by Gasteiger charge is 2.20. The number of halogens is 3. The number of aliphatic carboxylic acids is 1. The molecular weight excluding hydrogens is 286 g/mol. The molecule has 16 heavy (non-hydrogen) atoms. The van der Waals surface area contributed by atoms with Gasteiger partial charge in [-0.15, -0.1) is 0 Å². The first-order valence-electron chi connectivity index (χ1n) is 4.05. The number of alkyl halides is 2. The number of carboxylic acids is 1. The summed E-state index contributed by atoms with van der Waals surface area (Å²) in [6, 6.07) is 2.62. The molecule has 1 rings (SSSR count). The Morgan fingerprint density at radius 2 is 2.31 bits per heavy atom. The Labute approximate surface area is 97.7 Å². The second-order valence-corrected chi connectivity index (χ2v) is 3.66. The van der Waals surface area contributed by atoms with Gasteiger partial charge >= 0.3 is 5.97 Å². The van der Waals surface area contributed by atoms with Crippen LogP contribution in [0.3, 0.4) is 0 Å². The molecule has 0 unspecified atom stereocenters. The fourth-order valence-electron chi connectivity index (χ4n) is 1.18. The van der Waals surface area contributed by atoms with Crippen LogP contribution < -0.4 is 0 Å². The predicted molar refractivity (Wildman–Crippen MR) is 52.9 cm³/mol. The Balaban J connectivity index is 3.40. The maximum atomic E-state index is 12.6. The number of rotatable bonds is 3. The molecule has 0 aliphatic rings. The summed E-state index contributed by atoms with van der Waals surface area (Å²) in [7, 11) is 0. The van der Waals surface area contributed by atoms with Crippen molar-refractivity contribution in [1.82, 2.24) is 4.98 Å². The van der Waals surface area contributed by atoms with E-state index in [-0.39, 0.29) is 15.9 Å². The molecule has 1 aromatic heterocycles. The molecular formula is C9H5BrF2N2O2. The summed E-state index contributed by atoms with van der Waals surface area (Å²) in [6.45, 7) is 0. The topological polar surface area (TPSA) is 74.0 Å². The third kappa shape index (κ3) is 2.73. The molecule has 1 aromatic rings. The first-order chi connectivity index (χ1) is 7.45. The van der Waals surface area contributed by atoms with Crippen molar-refractivity contribution in [1.29, 1.82) is 5.26 Å². The lowest BCUT2D eigenvalue weighted by Gasteiger charge is -2.08. The molecule has 84 valence electrons. The van der Waals surface area contributed by atoms with E-state index in [1.165, 1.54) is 0 Å². The highest BCUT2D eigenvalue weighted by atomic mass is 79.9. The van der Waals surface area contributed by atoms with E-state index in [1.807, 2.05) is 0 Å². The van der Waals surface area contributed by atoms with Crippen LogP contribution in [0.25, 0.3) is 0 Å². The molecule has 0 spiro atoms. The number of hydrogen-bond acceptors (Lipinski definition) is 3. The van der Waals surface area contributed by atoms with Crippen LogP contribution in [0.4, 0.5) is 8.78 Å². The minimum Gasteiger partial charge on any atom is -0.481 e. The Bertz CT molecular complexity index is 471. The summed E-state index contributed by atoms with van der Waals surface area (Å²) < 4.78 is 25.3. The largest absolute Gasteiger partial charge is 0.481 e. The van der Waals surface area contributed by atoms with E-state index in [9.17, 15) is 13.6 Å². The zero-order valence-corrected chi connectivity index (χ0v) is 9.33. The van der Waals surface area contributed by atoms with Crippen LogP contribution in [0.5, 0.6) is 0 Å². The van der Waals surface area contributed by atoms with Crippen molar-refractivity contribution < 1.29 is 18.7 Å². The van der Waals surface area contributed by atoms with E-state index in [0.717, 1.165) is 6.07 Å². The number of carbonyl (C=O) groups is 1. The lowest BCUT2D eigenvalue weighted by atomic mass is 10.0. The Hall–Kier alpha value is -1.55. The molecule has 0 aliphatic heterocycles. The van der Waals surface area contributed by atoms with E-state index >= 15 is 0 Å². The van der Waals surface area contributed by atoms with E-state index < -0.39 is 24.4 Å². The van der Waals surface area contributed by atoms with Gasteiger partial charge in [-0.1, -0.05) is 0 Å². The van der Waals surface area contributed by atoms with E-state index in [4.69, 9.17) is 10.4 Å². The lowest BCUT2D eigenvalue weighted by molar-refractivity contribution is -0.136. The van der Waals surface area contributed by atoms with Crippen LogP contribution in [-0.2, 0) is 11.2 Å². The summed E-state index contributed by atoms with van der Waals surface area (Å²) in [5.74, 6) is -1.29. The third-order valence-electron chi connectivity index (χ3n) is 1.80. The van der Waals surface area contributed by atoms with E-state index in [1.54, 1.807) is 6.07 Å². The second kappa shape index (κ2) is 4.99. The Kier molecular flexibility index (Phi) is 3.90. The van der Waals surface area contributed by atoms with Crippen molar-refractivity contribution in [3.05, 3.63) is 27.5 Å². The molecule has 0 saturated carbocycles. The maximum absolute atomic E-state index is 12.6. The first kappa shape index (κ1) is 12.5. The van der Waals surface area contributed by atoms with Gasteiger partial charge in [0, 0.05) is 11.1 Å². The number of nitriles is 1. The molecule has 0 radical (unpaired) electrons. The van der Waals surface area contributed by atoms with Gasteiger partial charge in [0.25, 0.3) is 6.43 Å². The van der Waals surface area contributed by atoms with Gasteiger partial charge in [-0.3, -0.25) is 4.79 Å². The van der Waals surface area contributed by atoms with Crippen LogP contribution in [0, 0.1) is 11.3 Å². The molecule has 7 heteroatoms. The van der Waals surface area contributed by atoms with Crippen molar-refractivity contribution >= 4 is 21.9 Å². The summed E-state index contributed by atoms with van der Waals surface area (Å²) in [5.41, 5.74) is -1.03. The van der Waals surface area contributed by atoms with Crippen LogP contribution in [0.1, 0.15) is 23.2 Å². The fraction of sp³-hybridized carbons (Fsp3) is 0.222. The third-order valence-corrected chi connectivity index (χ3v) is 2.20. The molecule has 4 nitrogen and oxygen atoms in total. The van der Waals surface area contributed by atoms with Gasteiger partial charge in [-0.25, -0.2) is 13.8 Å². The monoisotopic (exact) mass is 290 g/mol. The van der Waals surface area contributed by atoms with Crippen molar-refractivity contribution in [3.8, 4) is 6.07 Å². The molecule has 0 fully saturated rings. The molecule has 1 N–H and O–H groups in total. The molecule has 0 saturated heterocycles. The number of carboxylic acid groups (broad SMARTS) is 1. The number of aromatic nitrogens is 1. The molecule has 0 bridgehead atoms. The molecule has 0 aliphatic carbocycles. The number of pyridine rings is 1. The van der Waals surface area contributed by atoms with Crippen molar-refractivity contribution in [2.75, 3.05) is 0 Å². The number of nitrogens with zero attached hydrogens (tertiary/aromatic N) is 2. The summed E-state index contributed by atoms with van der Waals surface area (Å²) in [4.78, 5) is 14.1. The lowest BCUT2D eigenvalue weighted by Crippen LogP contribution is -2.08. The summed E-state index contributed by atoms with van der Waals surface area (Å²) in [6.07, 6.45) is -3.50. The van der Waals surface area contributed by atoms with Gasteiger partial charge in [0.15, 0.2) is 0 Å². The van der Waals surface area contributed by atoms with Gasteiger partial charge in [0.2, 0.25) is 0 Å². The first-order valence-corrected chi connectivity index (χ1v) is 4.84. The predicted octanol–water partition coefficient (Wildman–Crippen LogP) is 2.28. The highest BCUT2D eigenvalue weighted by molar-refractivity contribution is 9.10. The van der Waals surface area contributed by atoms with Gasteiger partial charge < -0.3 is 5.11 Å². The number of hydrogen-bond donors (Lipinski definition) is 1. The summed E-state index contributed by atoms with van der Waals surface area (Å²) in [5, 5.41) is 17.3. The average molecular weight is 291 g/mol. The summed E-state index contributed by atoms with van der Waals surface area (Å²) >= 11 is 2.88. The van der Waals surface area contributed by atoms with Crippen LogP contribution in [0.15, 0.2) is 10.7 Å². The minimum atomic E-state index is -2.85. The van der Waals surface area contributed by atoms with Gasteiger partial charge in [0.05, 0.1) is 6.42 Å². The van der Waals surface area contributed by atoms with Crippen LogP contribution in [-0.4, -0.2) is 16.1 Å². The second-order valence-electron chi connectivity index (χ2n) is 2.84. The van der Waals surface area contributed by atoms with Crippen molar-refractivity contribution in [3.63, 3.8) is 0 Å². The molecule has 1 heterocycles. The van der Waals surface area contributed by atoms with Gasteiger partial charge in [-0.05, 0) is 22.0 Å². The maximum Gasteiger partial charge on any atom is 0.307 e. The standard InChI is InChI=1S/C9H5BrF2N2O2/c10-7-1-5(9(11)12)4(2-8(15)16)6(3-13)14-7/h1,9H,2H2,(H,15,16). The quantitative estimate of drug-likeness (QED) is 0.867.